The third-order valence-corrected chi connectivity index (χ3v) is 3.09. The highest BCUT2D eigenvalue weighted by Crippen LogP contribution is 2.25. The highest BCUT2D eigenvalue weighted by atomic mass is 16.5. The van der Waals surface area contributed by atoms with Gasteiger partial charge in [-0.2, -0.15) is 0 Å². The molecule has 0 fully saturated rings. The van der Waals surface area contributed by atoms with Crippen LogP contribution in [0.15, 0.2) is 54.7 Å². The van der Waals surface area contributed by atoms with Gasteiger partial charge in [0.05, 0.1) is 0 Å². The maximum Gasteiger partial charge on any atom is 0.123 e. The summed E-state index contributed by atoms with van der Waals surface area (Å²) in [4.78, 5) is 3.21. The number of benzene rings is 2. The summed E-state index contributed by atoms with van der Waals surface area (Å²) in [5.74, 6) is 0.950. The average molecular weight is 237 g/mol. The van der Waals surface area contributed by atoms with Gasteiger partial charge in [0.25, 0.3) is 0 Å². The van der Waals surface area contributed by atoms with Gasteiger partial charge in [-0.05, 0) is 36.2 Å². The monoisotopic (exact) mass is 237 g/mol. The molecule has 2 aromatic carbocycles. The minimum atomic E-state index is 0.609. The fourth-order valence-corrected chi connectivity index (χ4v) is 2.08. The number of H-pyrrole nitrogens is 1. The predicted molar refractivity (Wildman–Crippen MR) is 73.8 cm³/mol. The lowest BCUT2D eigenvalue weighted by molar-refractivity contribution is 0.304. The zero-order valence-corrected chi connectivity index (χ0v) is 10.3. The minimum Gasteiger partial charge on any atom is -0.489 e. The van der Waals surface area contributed by atoms with Crippen LogP contribution in [0.4, 0.5) is 0 Å². The summed E-state index contributed by atoms with van der Waals surface area (Å²) in [5.41, 5.74) is 3.49. The molecule has 18 heavy (non-hydrogen) atoms. The Kier molecular flexibility index (Phi) is 2.77. The predicted octanol–water partition coefficient (Wildman–Crippen LogP) is 4.06. The van der Waals surface area contributed by atoms with E-state index in [0.29, 0.717) is 6.61 Å². The molecule has 0 bridgehead atoms. The van der Waals surface area contributed by atoms with Gasteiger partial charge in [-0.25, -0.2) is 0 Å². The number of aromatic amines is 1. The van der Waals surface area contributed by atoms with Crippen molar-refractivity contribution in [2.75, 3.05) is 0 Å². The van der Waals surface area contributed by atoms with E-state index in [9.17, 15) is 0 Å². The lowest BCUT2D eigenvalue weighted by atomic mass is 10.1. The van der Waals surface area contributed by atoms with Gasteiger partial charge >= 0.3 is 0 Å². The second-order valence-corrected chi connectivity index (χ2v) is 4.46. The van der Waals surface area contributed by atoms with E-state index in [0.717, 1.165) is 16.8 Å². The van der Waals surface area contributed by atoms with Crippen LogP contribution in [0, 0.1) is 6.92 Å². The van der Waals surface area contributed by atoms with Crippen LogP contribution < -0.4 is 4.74 Å². The van der Waals surface area contributed by atoms with Crippen LogP contribution in [0.25, 0.3) is 10.9 Å². The first kappa shape index (κ1) is 10.9. The van der Waals surface area contributed by atoms with E-state index >= 15 is 0 Å². The molecule has 1 N–H and O–H groups in total. The quantitative estimate of drug-likeness (QED) is 0.730. The second-order valence-electron chi connectivity index (χ2n) is 4.46. The molecule has 0 unspecified atom stereocenters. The van der Waals surface area contributed by atoms with Crippen molar-refractivity contribution >= 4 is 10.9 Å². The van der Waals surface area contributed by atoms with Crippen molar-refractivity contribution in [3.05, 3.63) is 65.9 Å². The Morgan fingerprint density at radius 2 is 1.89 bits per heavy atom. The van der Waals surface area contributed by atoms with Crippen molar-refractivity contribution in [1.82, 2.24) is 4.98 Å². The van der Waals surface area contributed by atoms with Crippen molar-refractivity contribution in [3.63, 3.8) is 0 Å². The van der Waals surface area contributed by atoms with E-state index in [1.807, 2.05) is 24.4 Å². The maximum atomic E-state index is 5.89. The Balaban J connectivity index is 1.84. The first-order chi connectivity index (χ1) is 8.83. The number of hydrogen-bond acceptors (Lipinski definition) is 1. The van der Waals surface area contributed by atoms with Crippen LogP contribution >= 0.6 is 0 Å². The molecule has 0 radical (unpaired) electrons. The van der Waals surface area contributed by atoms with Crippen LogP contribution in [0.3, 0.4) is 0 Å². The fourth-order valence-electron chi connectivity index (χ4n) is 2.08. The molecule has 0 saturated heterocycles. The summed E-state index contributed by atoms with van der Waals surface area (Å²) in [5, 5.41) is 1.18. The van der Waals surface area contributed by atoms with Crippen LogP contribution in [0.2, 0.25) is 0 Å². The number of aromatic nitrogens is 1. The number of rotatable bonds is 3. The smallest absolute Gasteiger partial charge is 0.123 e. The summed E-state index contributed by atoms with van der Waals surface area (Å²) < 4.78 is 5.89. The highest BCUT2D eigenvalue weighted by Gasteiger charge is 2.03. The van der Waals surface area contributed by atoms with Crippen LogP contribution in [0.5, 0.6) is 5.75 Å². The molecule has 0 aliphatic rings. The van der Waals surface area contributed by atoms with Gasteiger partial charge in [-0.1, -0.05) is 30.3 Å². The van der Waals surface area contributed by atoms with E-state index in [2.05, 4.69) is 42.2 Å². The first-order valence-corrected chi connectivity index (χ1v) is 6.07. The van der Waals surface area contributed by atoms with Gasteiger partial charge in [0, 0.05) is 17.1 Å². The molecule has 0 aliphatic heterocycles. The molecule has 0 aliphatic carbocycles. The van der Waals surface area contributed by atoms with Crippen LogP contribution in [0.1, 0.15) is 11.1 Å². The van der Waals surface area contributed by atoms with E-state index in [-0.39, 0.29) is 0 Å². The Labute approximate surface area is 106 Å². The molecule has 90 valence electrons. The lowest BCUT2D eigenvalue weighted by Gasteiger charge is -2.09. The molecule has 3 aromatic rings. The Morgan fingerprint density at radius 3 is 2.72 bits per heavy atom. The zero-order valence-electron chi connectivity index (χ0n) is 10.3. The summed E-state index contributed by atoms with van der Waals surface area (Å²) in [6, 6.07) is 16.5. The number of hydrogen-bond donors (Lipinski definition) is 1. The summed E-state index contributed by atoms with van der Waals surface area (Å²) >= 11 is 0. The Bertz CT molecular complexity index is 655. The second kappa shape index (κ2) is 4.57. The standard InChI is InChI=1S/C16H15NO/c1-12-9-15-14(7-8-17-15)10-16(12)18-11-13-5-3-2-4-6-13/h2-10,17H,11H2,1H3. The molecule has 2 nitrogen and oxygen atoms in total. The Hall–Kier alpha value is -2.22. The van der Waals surface area contributed by atoms with Gasteiger partial charge in [0.15, 0.2) is 0 Å². The number of nitrogens with one attached hydrogen (secondary N) is 1. The zero-order chi connectivity index (χ0) is 12.4. The number of fused-ring (bicyclic) bond motifs is 1. The van der Waals surface area contributed by atoms with E-state index in [1.54, 1.807) is 0 Å². The van der Waals surface area contributed by atoms with Crippen molar-refractivity contribution in [1.29, 1.82) is 0 Å². The Morgan fingerprint density at radius 1 is 1.06 bits per heavy atom. The SMILES string of the molecule is Cc1cc2[nH]ccc2cc1OCc1ccccc1. The third kappa shape index (κ3) is 2.09. The molecule has 0 atom stereocenters. The van der Waals surface area contributed by atoms with Gasteiger partial charge < -0.3 is 9.72 Å². The van der Waals surface area contributed by atoms with E-state index in [4.69, 9.17) is 4.74 Å². The highest BCUT2D eigenvalue weighted by molar-refractivity contribution is 5.82. The largest absolute Gasteiger partial charge is 0.489 e. The molecular formula is C16H15NO. The fraction of sp³-hybridized carbons (Fsp3) is 0.125. The van der Waals surface area contributed by atoms with Crippen molar-refractivity contribution in [2.24, 2.45) is 0 Å². The normalized spacial score (nSPS) is 10.7. The van der Waals surface area contributed by atoms with Gasteiger partial charge in [0.1, 0.15) is 12.4 Å². The van der Waals surface area contributed by atoms with E-state index < -0.39 is 0 Å². The molecule has 0 spiro atoms. The van der Waals surface area contributed by atoms with Gasteiger partial charge in [0.2, 0.25) is 0 Å². The molecule has 1 aromatic heterocycles. The molecule has 1 heterocycles. The maximum absolute atomic E-state index is 5.89. The molecule has 0 amide bonds. The lowest BCUT2D eigenvalue weighted by Crippen LogP contribution is -1.96. The summed E-state index contributed by atoms with van der Waals surface area (Å²) in [7, 11) is 0. The van der Waals surface area contributed by atoms with Crippen molar-refractivity contribution in [3.8, 4) is 5.75 Å². The first-order valence-electron chi connectivity index (χ1n) is 6.07. The van der Waals surface area contributed by atoms with Gasteiger partial charge in [-0.15, -0.1) is 0 Å². The molecule has 0 saturated carbocycles. The molecule has 2 heteroatoms. The van der Waals surface area contributed by atoms with Crippen molar-refractivity contribution < 1.29 is 4.74 Å². The third-order valence-electron chi connectivity index (χ3n) is 3.09. The average Bonchev–Trinajstić information content (AvgIpc) is 2.84. The molecule has 3 rings (SSSR count). The van der Waals surface area contributed by atoms with Gasteiger partial charge in [-0.3, -0.25) is 0 Å². The summed E-state index contributed by atoms with van der Waals surface area (Å²) in [6.45, 7) is 2.68. The number of ether oxygens (including phenoxy) is 1. The summed E-state index contributed by atoms with van der Waals surface area (Å²) in [6.07, 6.45) is 1.95. The van der Waals surface area contributed by atoms with E-state index in [1.165, 1.54) is 10.9 Å². The van der Waals surface area contributed by atoms with Crippen molar-refractivity contribution in [2.45, 2.75) is 13.5 Å². The topological polar surface area (TPSA) is 25.0 Å². The number of aryl methyl sites for hydroxylation is 1. The molecular weight excluding hydrogens is 222 g/mol. The van der Waals surface area contributed by atoms with Crippen LogP contribution in [-0.4, -0.2) is 4.98 Å². The minimum absolute atomic E-state index is 0.609. The van der Waals surface area contributed by atoms with Crippen LogP contribution in [-0.2, 0) is 6.61 Å².